The summed E-state index contributed by atoms with van der Waals surface area (Å²) in [6.07, 6.45) is 0.887. The summed E-state index contributed by atoms with van der Waals surface area (Å²) in [7, 11) is 0. The lowest BCUT2D eigenvalue weighted by atomic mass is 9.45. The number of fused-ring (bicyclic) bond motifs is 2. The molecule has 5 rings (SSSR count). The van der Waals surface area contributed by atoms with Crippen molar-refractivity contribution in [2.45, 2.75) is 71.4 Å². The predicted molar refractivity (Wildman–Crippen MR) is 127 cm³/mol. The lowest BCUT2D eigenvalue weighted by molar-refractivity contribution is -0.183. The number of nitrogens with zero attached hydrogens (tertiary/aromatic N) is 1. The number of carbonyl (C=O) groups excluding carboxylic acids is 1. The molecule has 2 unspecified atom stereocenters. The first-order chi connectivity index (χ1) is 14.6. The van der Waals surface area contributed by atoms with Gasteiger partial charge in [-0.25, -0.2) is 0 Å². The normalized spacial score (nSPS) is 37.8. The highest BCUT2D eigenvalue weighted by molar-refractivity contribution is 14.1. The van der Waals surface area contributed by atoms with E-state index in [0.717, 1.165) is 15.6 Å². The zero-order valence-corrected chi connectivity index (χ0v) is 21.0. The van der Waals surface area contributed by atoms with Gasteiger partial charge in [0.1, 0.15) is 12.1 Å². The number of halogens is 1. The van der Waals surface area contributed by atoms with E-state index in [0.29, 0.717) is 29.7 Å². The number of carbonyl (C=O) groups is 1. The molecule has 1 aliphatic heterocycles. The molecule has 1 saturated heterocycles. The van der Waals surface area contributed by atoms with Crippen LogP contribution in [0.1, 0.15) is 46.1 Å². The van der Waals surface area contributed by atoms with Crippen molar-refractivity contribution in [3.63, 3.8) is 0 Å². The molecule has 31 heavy (non-hydrogen) atoms. The van der Waals surface area contributed by atoms with Crippen LogP contribution in [0.4, 0.5) is 0 Å². The monoisotopic (exact) mass is 542 g/mol. The van der Waals surface area contributed by atoms with Crippen molar-refractivity contribution in [3.05, 3.63) is 33.4 Å². The van der Waals surface area contributed by atoms with Gasteiger partial charge in [-0.15, -0.1) is 0 Å². The molecular weight excluding hydrogens is 507 g/mol. The Bertz CT molecular complexity index is 817. The van der Waals surface area contributed by atoms with Crippen LogP contribution in [0.25, 0.3) is 0 Å². The van der Waals surface area contributed by atoms with Gasteiger partial charge in [0.2, 0.25) is 5.91 Å². The maximum absolute atomic E-state index is 13.6. The van der Waals surface area contributed by atoms with E-state index in [1.54, 1.807) is 12.0 Å². The van der Waals surface area contributed by atoms with Gasteiger partial charge in [0.05, 0.1) is 19.3 Å². The number of nitrogens with one attached hydrogen (secondary N) is 1. The van der Waals surface area contributed by atoms with Gasteiger partial charge < -0.3 is 15.5 Å². The van der Waals surface area contributed by atoms with Crippen LogP contribution >= 0.6 is 22.6 Å². The number of aliphatic hydroxyl groups excluding tert-OH is 2. The van der Waals surface area contributed by atoms with E-state index >= 15 is 0 Å². The first kappa shape index (κ1) is 23.4. The van der Waals surface area contributed by atoms with Crippen molar-refractivity contribution in [1.29, 1.82) is 0 Å². The Labute approximate surface area is 198 Å². The second kappa shape index (κ2) is 8.89. The summed E-state index contributed by atoms with van der Waals surface area (Å²) < 4.78 is 1.11. The average molecular weight is 542 g/mol. The number of hydroxylamine groups is 2. The van der Waals surface area contributed by atoms with Crippen molar-refractivity contribution in [2.24, 2.45) is 29.1 Å². The predicted octanol–water partition coefficient (Wildman–Crippen LogP) is 2.95. The van der Waals surface area contributed by atoms with E-state index in [1.807, 2.05) is 18.2 Å². The number of hydrogen-bond acceptors (Lipinski definition) is 5. The molecule has 1 aromatic carbocycles. The summed E-state index contributed by atoms with van der Waals surface area (Å²) in [6.45, 7) is 8.82. The van der Waals surface area contributed by atoms with Gasteiger partial charge >= 0.3 is 0 Å². The molecule has 172 valence electrons. The van der Waals surface area contributed by atoms with Crippen molar-refractivity contribution in [2.75, 3.05) is 6.61 Å². The fourth-order valence-electron chi connectivity index (χ4n) is 6.30. The molecule has 8 atom stereocenters. The van der Waals surface area contributed by atoms with Crippen molar-refractivity contribution in [1.82, 2.24) is 10.4 Å². The van der Waals surface area contributed by atoms with E-state index in [-0.39, 0.29) is 18.6 Å². The summed E-state index contributed by atoms with van der Waals surface area (Å²) in [6, 6.07) is 7.56. The van der Waals surface area contributed by atoms with Crippen molar-refractivity contribution >= 4 is 28.5 Å². The standard InChI is InChI=1S/C24H35IN2O4/c1-13-18-9-16(24(18,3)4)10-19(13)26-23(30)22-21(14(2)29)20(12-28)31-27(22)11-15-6-5-7-17(25)8-15/h5-8,13-14,16,18-22,28-29H,9-12H2,1-4H3,(H,26,30)/t13-,14-,16?,18-,19?,20-,21+,22-/m0/s1. The average Bonchev–Trinajstić information content (AvgIpc) is 3.07. The Morgan fingerprint density at radius 1 is 1.39 bits per heavy atom. The third-order valence-electron chi connectivity index (χ3n) is 8.29. The zero-order chi connectivity index (χ0) is 22.5. The Balaban J connectivity index is 1.53. The molecule has 4 fully saturated rings. The SMILES string of the molecule is C[C@H](O)[C@@H]1[C@H](CO)ON(Cc2cccc(I)c2)[C@@H]1C(=O)NC1CC2C[C@@H]([C@@H]1C)C2(C)C. The molecule has 0 aromatic heterocycles. The molecule has 1 aromatic rings. The topological polar surface area (TPSA) is 82.0 Å². The number of hydrogen-bond donors (Lipinski definition) is 3. The van der Waals surface area contributed by atoms with Crippen LogP contribution in [-0.4, -0.2) is 52.1 Å². The Hall–Kier alpha value is -0.740. The maximum atomic E-state index is 13.6. The highest BCUT2D eigenvalue weighted by atomic mass is 127. The second-order valence-corrected chi connectivity index (χ2v) is 11.6. The van der Waals surface area contributed by atoms with Gasteiger partial charge in [0.25, 0.3) is 0 Å². The summed E-state index contributed by atoms with van der Waals surface area (Å²) in [5, 5.41) is 25.3. The quantitative estimate of drug-likeness (QED) is 0.482. The largest absolute Gasteiger partial charge is 0.394 e. The molecule has 7 heteroatoms. The van der Waals surface area contributed by atoms with Crippen LogP contribution in [-0.2, 0) is 16.2 Å². The molecular formula is C24H35IN2O4. The third-order valence-corrected chi connectivity index (χ3v) is 8.96. The van der Waals surface area contributed by atoms with Crippen LogP contribution in [0, 0.1) is 32.7 Å². The van der Waals surface area contributed by atoms with Crippen molar-refractivity contribution in [3.8, 4) is 0 Å². The summed E-state index contributed by atoms with van der Waals surface area (Å²) in [5.41, 5.74) is 1.39. The summed E-state index contributed by atoms with van der Waals surface area (Å²) in [5.74, 6) is 1.12. The van der Waals surface area contributed by atoms with Crippen LogP contribution < -0.4 is 5.32 Å². The van der Waals surface area contributed by atoms with Crippen LogP contribution in [0.15, 0.2) is 24.3 Å². The molecule has 6 nitrogen and oxygen atoms in total. The van der Waals surface area contributed by atoms with Crippen LogP contribution in [0.2, 0.25) is 0 Å². The van der Waals surface area contributed by atoms with E-state index in [1.165, 1.54) is 6.42 Å². The minimum absolute atomic E-state index is 0.108. The van der Waals surface area contributed by atoms with E-state index < -0.39 is 24.2 Å². The van der Waals surface area contributed by atoms with Gasteiger partial charge in [-0.1, -0.05) is 32.9 Å². The number of rotatable bonds is 6. The number of amides is 1. The van der Waals surface area contributed by atoms with Crippen LogP contribution in [0.5, 0.6) is 0 Å². The minimum atomic E-state index is -0.773. The number of benzene rings is 1. The fourth-order valence-corrected chi connectivity index (χ4v) is 6.91. The van der Waals surface area contributed by atoms with Gasteiger partial charge in [-0.2, -0.15) is 5.06 Å². The molecule has 1 amide bonds. The van der Waals surface area contributed by atoms with E-state index in [9.17, 15) is 15.0 Å². The second-order valence-electron chi connectivity index (χ2n) is 10.4. The lowest BCUT2D eigenvalue weighted by Gasteiger charge is -2.62. The van der Waals surface area contributed by atoms with Gasteiger partial charge in [-0.3, -0.25) is 9.63 Å². The third kappa shape index (κ3) is 4.28. The molecule has 3 saturated carbocycles. The Morgan fingerprint density at radius 2 is 2.13 bits per heavy atom. The van der Waals surface area contributed by atoms with E-state index in [2.05, 4.69) is 54.7 Å². The van der Waals surface area contributed by atoms with Gasteiger partial charge in [0.15, 0.2) is 0 Å². The molecule has 3 N–H and O–H groups in total. The summed E-state index contributed by atoms with van der Waals surface area (Å²) >= 11 is 2.27. The molecule has 3 aliphatic carbocycles. The molecule has 0 radical (unpaired) electrons. The van der Waals surface area contributed by atoms with Crippen LogP contribution in [0.3, 0.4) is 0 Å². The molecule has 4 aliphatic rings. The molecule has 2 bridgehead atoms. The Kier molecular flexibility index (Phi) is 6.72. The first-order valence-electron chi connectivity index (χ1n) is 11.4. The van der Waals surface area contributed by atoms with Gasteiger partial charge in [0, 0.05) is 15.5 Å². The lowest BCUT2D eigenvalue weighted by Crippen LogP contribution is -2.62. The zero-order valence-electron chi connectivity index (χ0n) is 18.8. The minimum Gasteiger partial charge on any atom is -0.394 e. The van der Waals surface area contributed by atoms with E-state index in [4.69, 9.17) is 4.84 Å². The number of aliphatic hydroxyl groups is 2. The molecule has 1 heterocycles. The maximum Gasteiger partial charge on any atom is 0.240 e. The van der Waals surface area contributed by atoms with Crippen molar-refractivity contribution < 1.29 is 19.8 Å². The fraction of sp³-hybridized carbons (Fsp3) is 0.708. The smallest absolute Gasteiger partial charge is 0.240 e. The highest BCUT2D eigenvalue weighted by Crippen LogP contribution is 2.61. The first-order valence-corrected chi connectivity index (χ1v) is 12.5. The Morgan fingerprint density at radius 3 is 2.71 bits per heavy atom. The highest BCUT2D eigenvalue weighted by Gasteiger charge is 2.57. The van der Waals surface area contributed by atoms with Gasteiger partial charge in [-0.05, 0) is 83.2 Å². The summed E-state index contributed by atoms with van der Waals surface area (Å²) in [4.78, 5) is 19.6. The molecule has 0 spiro atoms.